The highest BCUT2D eigenvalue weighted by Gasteiger charge is 2.06. The Bertz CT molecular complexity index is 294. The Balaban J connectivity index is 2.27. The first-order chi connectivity index (χ1) is 7.74. The monoisotopic (exact) mass is 235 g/mol. The van der Waals surface area contributed by atoms with Crippen LogP contribution in [0.5, 0.6) is 0 Å². The Morgan fingerprint density at radius 1 is 1.50 bits per heavy atom. The maximum absolute atomic E-state index is 11.8. The lowest BCUT2D eigenvalue weighted by Crippen LogP contribution is -2.19. The number of nitrogens with one attached hydrogen (secondary N) is 1. The van der Waals surface area contributed by atoms with Crippen molar-refractivity contribution in [3.63, 3.8) is 0 Å². The molecule has 0 saturated carbocycles. The molecule has 1 aromatic heterocycles. The molecule has 6 nitrogen and oxygen atoms in total. The van der Waals surface area contributed by atoms with Crippen molar-refractivity contribution in [1.29, 1.82) is 0 Å². The Labute approximate surface area is 92.0 Å². The van der Waals surface area contributed by atoms with Crippen LogP contribution in [0.4, 0.5) is 8.78 Å². The van der Waals surface area contributed by atoms with E-state index >= 15 is 0 Å². The second-order valence-electron chi connectivity index (χ2n) is 3.06. The topological polar surface area (TPSA) is 64.9 Å². The summed E-state index contributed by atoms with van der Waals surface area (Å²) in [6.07, 6.45) is -2.44. The van der Waals surface area contributed by atoms with Crippen molar-refractivity contribution >= 4 is 0 Å². The summed E-state index contributed by atoms with van der Waals surface area (Å²) in [5, 5.41) is 14.1. The third-order valence-electron chi connectivity index (χ3n) is 1.83. The zero-order valence-electron chi connectivity index (χ0n) is 9.07. The molecule has 0 aliphatic rings. The number of hydrogen-bond donors (Lipinski definition) is 1. The molecule has 0 atom stereocenters. The minimum Gasteiger partial charge on any atom is -0.374 e. The molecule has 0 aromatic carbocycles. The van der Waals surface area contributed by atoms with Gasteiger partial charge >= 0.3 is 0 Å². The van der Waals surface area contributed by atoms with E-state index in [2.05, 4.69) is 20.8 Å². The number of alkyl halides is 2. The molecule has 0 radical (unpaired) electrons. The number of ether oxygens (including phenoxy) is 1. The van der Waals surface area contributed by atoms with Crippen molar-refractivity contribution in [2.24, 2.45) is 0 Å². The SMILES string of the molecule is CCNCc1nnnn1CCOCC(F)F. The summed E-state index contributed by atoms with van der Waals surface area (Å²) in [7, 11) is 0. The first kappa shape index (κ1) is 12.9. The van der Waals surface area contributed by atoms with Crippen molar-refractivity contribution in [3.05, 3.63) is 5.82 Å². The van der Waals surface area contributed by atoms with Crippen LogP contribution in [-0.4, -0.2) is 46.4 Å². The first-order valence-corrected chi connectivity index (χ1v) is 5.05. The summed E-state index contributed by atoms with van der Waals surface area (Å²) in [6, 6.07) is 0. The minimum absolute atomic E-state index is 0.175. The van der Waals surface area contributed by atoms with E-state index in [9.17, 15) is 8.78 Å². The van der Waals surface area contributed by atoms with Gasteiger partial charge in [-0.2, -0.15) is 0 Å². The highest BCUT2D eigenvalue weighted by Crippen LogP contribution is 1.95. The highest BCUT2D eigenvalue weighted by molar-refractivity contribution is 4.79. The molecular weight excluding hydrogens is 220 g/mol. The lowest BCUT2D eigenvalue weighted by atomic mass is 10.5. The quantitative estimate of drug-likeness (QED) is 0.646. The fourth-order valence-corrected chi connectivity index (χ4v) is 1.08. The van der Waals surface area contributed by atoms with Crippen LogP contribution in [0.2, 0.25) is 0 Å². The molecule has 0 unspecified atom stereocenters. The van der Waals surface area contributed by atoms with E-state index in [0.29, 0.717) is 18.9 Å². The normalized spacial score (nSPS) is 11.2. The van der Waals surface area contributed by atoms with Gasteiger partial charge in [-0.25, -0.2) is 13.5 Å². The predicted molar refractivity (Wildman–Crippen MR) is 52.0 cm³/mol. The van der Waals surface area contributed by atoms with Crippen molar-refractivity contribution in [1.82, 2.24) is 25.5 Å². The average Bonchev–Trinajstić information content (AvgIpc) is 2.69. The molecule has 0 aliphatic carbocycles. The summed E-state index contributed by atoms with van der Waals surface area (Å²) in [5.41, 5.74) is 0. The zero-order chi connectivity index (χ0) is 11.8. The largest absolute Gasteiger partial charge is 0.374 e. The van der Waals surface area contributed by atoms with Crippen molar-refractivity contribution in [2.75, 3.05) is 19.8 Å². The third kappa shape index (κ3) is 4.58. The van der Waals surface area contributed by atoms with Crippen molar-refractivity contribution < 1.29 is 13.5 Å². The van der Waals surface area contributed by atoms with Crippen LogP contribution in [0.15, 0.2) is 0 Å². The fraction of sp³-hybridized carbons (Fsp3) is 0.875. The lowest BCUT2D eigenvalue weighted by molar-refractivity contribution is 0.0136. The highest BCUT2D eigenvalue weighted by atomic mass is 19.3. The molecule has 0 spiro atoms. The van der Waals surface area contributed by atoms with E-state index in [1.165, 1.54) is 4.68 Å². The molecule has 8 heteroatoms. The molecular formula is C8H15F2N5O. The van der Waals surface area contributed by atoms with E-state index in [1.54, 1.807) is 0 Å². The number of halogens is 2. The van der Waals surface area contributed by atoms with Gasteiger partial charge in [0.25, 0.3) is 6.43 Å². The second-order valence-corrected chi connectivity index (χ2v) is 3.06. The standard InChI is InChI=1S/C8H15F2N5O/c1-2-11-5-8-12-13-14-15(8)3-4-16-6-7(9)10/h7,11H,2-6H2,1H3. The van der Waals surface area contributed by atoms with Gasteiger partial charge in [-0.3, -0.25) is 0 Å². The van der Waals surface area contributed by atoms with Crippen molar-refractivity contribution in [2.45, 2.75) is 26.4 Å². The van der Waals surface area contributed by atoms with E-state index in [4.69, 9.17) is 4.74 Å². The second kappa shape index (κ2) is 7.18. The summed E-state index contributed by atoms with van der Waals surface area (Å²) in [4.78, 5) is 0. The van der Waals surface area contributed by atoms with Gasteiger partial charge in [0, 0.05) is 0 Å². The molecule has 0 amide bonds. The fourth-order valence-electron chi connectivity index (χ4n) is 1.08. The average molecular weight is 235 g/mol. The molecule has 1 aromatic rings. The van der Waals surface area contributed by atoms with Crippen LogP contribution >= 0.6 is 0 Å². The maximum atomic E-state index is 11.8. The lowest BCUT2D eigenvalue weighted by Gasteiger charge is -2.05. The van der Waals surface area contributed by atoms with Crippen LogP contribution < -0.4 is 5.32 Å². The number of aromatic nitrogens is 4. The van der Waals surface area contributed by atoms with Crippen molar-refractivity contribution in [3.8, 4) is 0 Å². The third-order valence-corrected chi connectivity index (χ3v) is 1.83. The Morgan fingerprint density at radius 2 is 2.31 bits per heavy atom. The summed E-state index contributed by atoms with van der Waals surface area (Å²) < 4.78 is 29.8. The zero-order valence-corrected chi connectivity index (χ0v) is 9.07. The van der Waals surface area contributed by atoms with Gasteiger partial charge in [0.05, 0.1) is 19.7 Å². The van der Waals surface area contributed by atoms with Crippen LogP contribution in [0.3, 0.4) is 0 Å². The van der Waals surface area contributed by atoms with Gasteiger partial charge < -0.3 is 10.1 Å². The van der Waals surface area contributed by atoms with E-state index in [0.717, 1.165) is 6.54 Å². The van der Waals surface area contributed by atoms with Crippen LogP contribution in [0, 0.1) is 0 Å². The minimum atomic E-state index is -2.44. The van der Waals surface area contributed by atoms with E-state index in [-0.39, 0.29) is 6.61 Å². The number of rotatable bonds is 8. The van der Waals surface area contributed by atoms with Gasteiger partial charge in [-0.1, -0.05) is 6.92 Å². The molecule has 0 bridgehead atoms. The Hall–Kier alpha value is -1.15. The van der Waals surface area contributed by atoms with Gasteiger partial charge in [0.15, 0.2) is 5.82 Å². The number of nitrogens with zero attached hydrogens (tertiary/aromatic N) is 4. The van der Waals surface area contributed by atoms with E-state index < -0.39 is 13.0 Å². The number of tetrazole rings is 1. The molecule has 1 N–H and O–H groups in total. The molecule has 1 heterocycles. The molecule has 0 saturated heterocycles. The summed E-state index contributed by atoms with van der Waals surface area (Å²) in [5.74, 6) is 0.669. The van der Waals surface area contributed by atoms with E-state index in [1.807, 2.05) is 6.92 Å². The molecule has 0 aliphatic heterocycles. The van der Waals surface area contributed by atoms with Gasteiger partial charge in [0.1, 0.15) is 6.61 Å². The molecule has 92 valence electrons. The van der Waals surface area contributed by atoms with Crippen LogP contribution in [-0.2, 0) is 17.8 Å². The maximum Gasteiger partial charge on any atom is 0.261 e. The summed E-state index contributed by atoms with van der Waals surface area (Å²) >= 11 is 0. The van der Waals surface area contributed by atoms with Crippen LogP contribution in [0.1, 0.15) is 12.7 Å². The van der Waals surface area contributed by atoms with Gasteiger partial charge in [-0.05, 0) is 17.0 Å². The first-order valence-electron chi connectivity index (χ1n) is 5.05. The number of hydrogen-bond acceptors (Lipinski definition) is 5. The molecule has 0 fully saturated rings. The Kier molecular flexibility index (Phi) is 5.79. The predicted octanol–water partition coefficient (Wildman–Crippen LogP) is 0.0643. The Morgan fingerprint density at radius 3 is 3.00 bits per heavy atom. The van der Waals surface area contributed by atoms with Crippen LogP contribution in [0.25, 0.3) is 0 Å². The van der Waals surface area contributed by atoms with Gasteiger partial charge in [0.2, 0.25) is 0 Å². The summed E-state index contributed by atoms with van der Waals surface area (Å²) in [6.45, 7) is 3.34. The molecule has 1 rings (SSSR count). The molecule has 16 heavy (non-hydrogen) atoms. The van der Waals surface area contributed by atoms with Gasteiger partial charge in [-0.15, -0.1) is 5.10 Å². The smallest absolute Gasteiger partial charge is 0.261 e.